The molecule has 2 heterocycles. The second-order valence-corrected chi connectivity index (χ2v) is 7.40. The normalized spacial score (nSPS) is 11.7. The average Bonchev–Trinajstić information content (AvgIpc) is 3.26. The minimum absolute atomic E-state index is 0.847. The molecule has 0 aliphatic rings. The number of aryl methyl sites for hydroxylation is 4. The number of rotatable bonds is 2. The lowest BCUT2D eigenvalue weighted by Gasteiger charge is -2.13. The van der Waals surface area contributed by atoms with Crippen molar-refractivity contribution >= 4 is 22.1 Å². The van der Waals surface area contributed by atoms with Gasteiger partial charge in [-0.3, -0.25) is 0 Å². The summed E-state index contributed by atoms with van der Waals surface area (Å²) in [5, 5.41) is 17.1. The summed E-state index contributed by atoms with van der Waals surface area (Å²) in [6, 6.07) is 0. The van der Waals surface area contributed by atoms with Crippen LogP contribution < -0.4 is 4.94 Å². The molecule has 0 aliphatic heterocycles. The second-order valence-electron chi connectivity index (χ2n) is 7.40. The van der Waals surface area contributed by atoms with Crippen LogP contribution >= 0.6 is 0 Å². The zero-order valence-corrected chi connectivity index (χ0v) is 17.1. The Morgan fingerprint density at radius 3 is 1.19 bits per heavy atom. The van der Waals surface area contributed by atoms with Crippen LogP contribution in [0.1, 0.15) is 44.5 Å². The molecule has 0 radical (unpaired) electrons. The highest BCUT2D eigenvalue weighted by atomic mass is 16.8. The maximum absolute atomic E-state index is 6.03. The Morgan fingerprint density at radius 1 is 0.481 bits per heavy atom. The molecule has 0 atom stereocenters. The van der Waals surface area contributed by atoms with E-state index in [4.69, 9.17) is 4.94 Å². The van der Waals surface area contributed by atoms with Gasteiger partial charge in [0.05, 0.1) is 0 Å². The molecule has 0 bridgehead atoms. The Labute approximate surface area is 157 Å². The minimum atomic E-state index is 0.847. The summed E-state index contributed by atoms with van der Waals surface area (Å²) in [6.45, 7) is 16.7. The molecule has 0 unspecified atom stereocenters. The molecule has 0 N–H and O–H groups in total. The molecule has 7 nitrogen and oxygen atoms in total. The van der Waals surface area contributed by atoms with Gasteiger partial charge in [-0.2, -0.15) is 0 Å². The minimum Gasteiger partial charge on any atom is -0.243 e. The SMILES string of the molecule is Cc1c(C)c(C)c2c(nnn2On2nnc3c(C)c(C)c(C)c(C)c32)c1C. The van der Waals surface area contributed by atoms with Crippen LogP contribution in [0.4, 0.5) is 0 Å². The van der Waals surface area contributed by atoms with E-state index < -0.39 is 0 Å². The molecule has 0 fully saturated rings. The first kappa shape index (κ1) is 17.5. The quantitative estimate of drug-likeness (QED) is 0.544. The third kappa shape index (κ3) is 2.27. The van der Waals surface area contributed by atoms with Crippen LogP contribution in [0.5, 0.6) is 0 Å². The van der Waals surface area contributed by atoms with Gasteiger partial charge in [0, 0.05) is 0 Å². The van der Waals surface area contributed by atoms with Gasteiger partial charge in [0.25, 0.3) is 0 Å². The van der Waals surface area contributed by atoms with Gasteiger partial charge in [0.2, 0.25) is 0 Å². The largest absolute Gasteiger partial charge is 0.243 e. The lowest BCUT2D eigenvalue weighted by Crippen LogP contribution is -2.21. The number of benzene rings is 2. The Bertz CT molecular complexity index is 1140. The van der Waals surface area contributed by atoms with Gasteiger partial charge in [0.1, 0.15) is 22.1 Å². The summed E-state index contributed by atoms with van der Waals surface area (Å²) in [7, 11) is 0. The predicted molar refractivity (Wildman–Crippen MR) is 105 cm³/mol. The Kier molecular flexibility index (Phi) is 3.73. The van der Waals surface area contributed by atoms with Gasteiger partial charge in [-0.1, -0.05) is 0 Å². The van der Waals surface area contributed by atoms with Crippen molar-refractivity contribution in [3.05, 3.63) is 44.5 Å². The Morgan fingerprint density at radius 2 is 0.815 bits per heavy atom. The molecule has 4 rings (SSSR count). The standard InChI is InChI=1S/C20H24N6O/c1-9-11(3)15(7)19-17(13(9)5)21-23-25(19)27-26-20-16(8)12(4)10(2)14(6)18(20)22-24-26/h1-8H3. The molecule has 0 spiro atoms. The van der Waals surface area contributed by atoms with Crippen LogP contribution in [0.15, 0.2) is 0 Å². The van der Waals surface area contributed by atoms with Crippen molar-refractivity contribution in [1.82, 2.24) is 30.3 Å². The Hall–Kier alpha value is -2.96. The zero-order chi connectivity index (χ0) is 19.6. The molecular weight excluding hydrogens is 340 g/mol. The number of hydrogen-bond acceptors (Lipinski definition) is 5. The maximum atomic E-state index is 6.03. The van der Waals surface area contributed by atoms with Crippen molar-refractivity contribution in [3.8, 4) is 0 Å². The summed E-state index contributed by atoms with van der Waals surface area (Å²) in [4.78, 5) is 8.93. The third-order valence-electron chi connectivity index (χ3n) is 6.23. The van der Waals surface area contributed by atoms with E-state index in [0.717, 1.165) is 44.3 Å². The molecular formula is C20H24N6O. The van der Waals surface area contributed by atoms with Crippen molar-refractivity contribution in [2.24, 2.45) is 0 Å². The van der Waals surface area contributed by atoms with Crippen LogP contribution in [0.25, 0.3) is 22.1 Å². The summed E-state index contributed by atoms with van der Waals surface area (Å²) in [5.74, 6) is 0. The molecule has 7 heteroatoms. The van der Waals surface area contributed by atoms with Gasteiger partial charge in [0.15, 0.2) is 0 Å². The first-order valence-corrected chi connectivity index (χ1v) is 9.06. The molecule has 0 aliphatic carbocycles. The molecule has 2 aromatic heterocycles. The van der Waals surface area contributed by atoms with Crippen molar-refractivity contribution < 1.29 is 4.94 Å². The summed E-state index contributed by atoms with van der Waals surface area (Å²) in [5.41, 5.74) is 12.7. The lowest BCUT2D eigenvalue weighted by atomic mass is 9.97. The fourth-order valence-electron chi connectivity index (χ4n) is 3.71. The van der Waals surface area contributed by atoms with E-state index in [0.29, 0.717) is 0 Å². The van der Waals surface area contributed by atoms with Crippen LogP contribution in [-0.4, -0.2) is 30.3 Å². The lowest BCUT2D eigenvalue weighted by molar-refractivity contribution is -0.000425. The van der Waals surface area contributed by atoms with Crippen molar-refractivity contribution in [1.29, 1.82) is 0 Å². The van der Waals surface area contributed by atoms with E-state index in [-0.39, 0.29) is 0 Å². The van der Waals surface area contributed by atoms with Crippen molar-refractivity contribution in [3.63, 3.8) is 0 Å². The fraction of sp³-hybridized carbons (Fsp3) is 0.400. The van der Waals surface area contributed by atoms with Crippen molar-refractivity contribution in [2.45, 2.75) is 55.4 Å². The molecule has 2 aromatic carbocycles. The van der Waals surface area contributed by atoms with Gasteiger partial charge in [-0.15, -0.1) is 10.2 Å². The van der Waals surface area contributed by atoms with E-state index >= 15 is 0 Å². The van der Waals surface area contributed by atoms with E-state index in [2.05, 4.69) is 76.0 Å². The first-order chi connectivity index (χ1) is 12.7. The number of nitrogens with zero attached hydrogens (tertiary/aromatic N) is 6. The maximum Gasteiger partial charge on any atom is 0.137 e. The first-order valence-electron chi connectivity index (χ1n) is 9.06. The van der Waals surface area contributed by atoms with Gasteiger partial charge < -0.3 is 0 Å². The van der Waals surface area contributed by atoms with Crippen LogP contribution in [0.2, 0.25) is 0 Å². The zero-order valence-electron chi connectivity index (χ0n) is 17.1. The van der Waals surface area contributed by atoms with Crippen LogP contribution in [-0.2, 0) is 0 Å². The van der Waals surface area contributed by atoms with E-state index in [1.54, 1.807) is 0 Å². The summed E-state index contributed by atoms with van der Waals surface area (Å²) in [6.07, 6.45) is 0. The molecule has 140 valence electrons. The second kappa shape index (κ2) is 5.77. The van der Waals surface area contributed by atoms with Gasteiger partial charge in [-0.25, -0.2) is 4.94 Å². The van der Waals surface area contributed by atoms with Crippen LogP contribution in [0.3, 0.4) is 0 Å². The third-order valence-corrected chi connectivity index (χ3v) is 6.23. The topological polar surface area (TPSA) is 70.7 Å². The summed E-state index contributed by atoms with van der Waals surface area (Å²) < 4.78 is 0. The molecule has 4 aromatic rings. The summed E-state index contributed by atoms with van der Waals surface area (Å²) >= 11 is 0. The monoisotopic (exact) mass is 364 g/mol. The fourth-order valence-corrected chi connectivity index (χ4v) is 3.71. The number of fused-ring (bicyclic) bond motifs is 2. The number of hydrogen-bond donors (Lipinski definition) is 0. The predicted octanol–water partition coefficient (Wildman–Crippen LogP) is 3.54. The van der Waals surface area contributed by atoms with E-state index in [1.807, 2.05) is 0 Å². The Balaban J connectivity index is 1.94. The number of aromatic nitrogens is 6. The van der Waals surface area contributed by atoms with E-state index in [1.165, 1.54) is 31.9 Å². The molecule has 0 saturated heterocycles. The average molecular weight is 364 g/mol. The van der Waals surface area contributed by atoms with E-state index in [9.17, 15) is 0 Å². The van der Waals surface area contributed by atoms with Crippen LogP contribution in [0, 0.1) is 55.4 Å². The van der Waals surface area contributed by atoms with Gasteiger partial charge in [-0.05, 0) is 120 Å². The molecule has 0 saturated carbocycles. The highest BCUT2D eigenvalue weighted by Gasteiger charge is 2.20. The molecule has 27 heavy (non-hydrogen) atoms. The van der Waals surface area contributed by atoms with Gasteiger partial charge >= 0.3 is 0 Å². The molecule has 0 amide bonds. The smallest absolute Gasteiger partial charge is 0.137 e. The highest BCUT2D eigenvalue weighted by Crippen LogP contribution is 2.29. The highest BCUT2D eigenvalue weighted by molar-refractivity contribution is 5.85. The van der Waals surface area contributed by atoms with Crippen molar-refractivity contribution in [2.75, 3.05) is 0 Å².